The van der Waals surface area contributed by atoms with E-state index in [0.29, 0.717) is 16.8 Å². The van der Waals surface area contributed by atoms with E-state index >= 15 is 0 Å². The second kappa shape index (κ2) is 8.18. The van der Waals surface area contributed by atoms with Crippen LogP contribution in [0.2, 0.25) is 0 Å². The molecule has 2 aromatic rings. The second-order valence-corrected chi connectivity index (χ2v) is 6.84. The fraction of sp³-hybridized carbons (Fsp3) is 0.200. The highest BCUT2D eigenvalue weighted by Crippen LogP contribution is 2.22. The molecule has 3 rings (SSSR count). The first-order chi connectivity index (χ1) is 13.3. The van der Waals surface area contributed by atoms with Crippen molar-refractivity contribution < 1.29 is 19.1 Å². The van der Waals surface area contributed by atoms with Gasteiger partial charge in [0.15, 0.2) is 5.11 Å². The standard InChI is InChI=1S/C20H19N3O4S/c1-12(2)27-14-9-7-13(8-10-14)21-20(28)22-17(24)11-23-18(25)15-5-3-4-6-16(15)19(23)26/h3-10,12H,11H2,1-2H3,(H2,21,22,24,28). The average Bonchev–Trinajstić information content (AvgIpc) is 2.88. The van der Waals surface area contributed by atoms with Gasteiger partial charge in [-0.25, -0.2) is 0 Å². The van der Waals surface area contributed by atoms with Crippen LogP contribution in [0.25, 0.3) is 0 Å². The molecule has 0 atom stereocenters. The molecule has 3 amide bonds. The van der Waals surface area contributed by atoms with Gasteiger partial charge in [-0.1, -0.05) is 12.1 Å². The summed E-state index contributed by atoms with van der Waals surface area (Å²) in [5, 5.41) is 5.42. The molecule has 2 N–H and O–H groups in total. The molecule has 0 saturated heterocycles. The molecule has 0 aliphatic carbocycles. The van der Waals surface area contributed by atoms with E-state index < -0.39 is 24.3 Å². The van der Waals surface area contributed by atoms with E-state index in [1.807, 2.05) is 13.8 Å². The Morgan fingerprint density at radius 3 is 2.14 bits per heavy atom. The molecule has 0 radical (unpaired) electrons. The predicted molar refractivity (Wildman–Crippen MR) is 108 cm³/mol. The third kappa shape index (κ3) is 4.34. The quantitative estimate of drug-likeness (QED) is 0.596. The van der Waals surface area contributed by atoms with Crippen LogP contribution in [0.4, 0.5) is 5.69 Å². The molecular weight excluding hydrogens is 378 g/mol. The number of carbonyl (C=O) groups is 3. The number of benzene rings is 2. The fourth-order valence-electron chi connectivity index (χ4n) is 2.74. The minimum Gasteiger partial charge on any atom is -0.491 e. The number of carbonyl (C=O) groups excluding carboxylic acids is 3. The number of ether oxygens (including phenoxy) is 1. The van der Waals surface area contributed by atoms with Gasteiger partial charge in [-0.15, -0.1) is 0 Å². The predicted octanol–water partition coefficient (Wildman–Crippen LogP) is 2.58. The second-order valence-electron chi connectivity index (χ2n) is 6.44. The highest BCUT2D eigenvalue weighted by atomic mass is 32.1. The van der Waals surface area contributed by atoms with Gasteiger partial charge in [0.2, 0.25) is 5.91 Å². The van der Waals surface area contributed by atoms with E-state index in [-0.39, 0.29) is 11.2 Å². The van der Waals surface area contributed by atoms with Crippen molar-refractivity contribution in [2.45, 2.75) is 20.0 Å². The third-order valence-corrected chi connectivity index (χ3v) is 4.12. The molecule has 1 aliphatic rings. The Balaban J connectivity index is 1.55. The van der Waals surface area contributed by atoms with Crippen LogP contribution in [0, 0.1) is 0 Å². The third-order valence-electron chi connectivity index (χ3n) is 3.92. The zero-order valence-corrected chi connectivity index (χ0v) is 16.2. The lowest BCUT2D eigenvalue weighted by Crippen LogP contribution is -2.43. The van der Waals surface area contributed by atoms with Gasteiger partial charge in [0.1, 0.15) is 12.3 Å². The number of hydrogen-bond donors (Lipinski definition) is 2. The fourth-order valence-corrected chi connectivity index (χ4v) is 2.98. The van der Waals surface area contributed by atoms with Crippen molar-refractivity contribution in [3.63, 3.8) is 0 Å². The first kappa shape index (κ1) is 19.5. The zero-order chi connectivity index (χ0) is 20.3. The first-order valence-corrected chi connectivity index (χ1v) is 9.08. The minimum absolute atomic E-state index is 0.0686. The molecule has 28 heavy (non-hydrogen) atoms. The van der Waals surface area contributed by atoms with Crippen molar-refractivity contribution in [1.29, 1.82) is 0 Å². The van der Waals surface area contributed by atoms with Crippen molar-refractivity contribution in [2.75, 3.05) is 11.9 Å². The lowest BCUT2D eigenvalue weighted by atomic mass is 10.1. The Morgan fingerprint density at radius 2 is 1.61 bits per heavy atom. The minimum atomic E-state index is -0.563. The lowest BCUT2D eigenvalue weighted by molar-refractivity contribution is -0.120. The Hall–Kier alpha value is -3.26. The summed E-state index contributed by atoms with van der Waals surface area (Å²) in [5.74, 6) is -0.821. The Labute approximate surface area is 167 Å². The SMILES string of the molecule is CC(C)Oc1ccc(NC(=S)NC(=O)CN2C(=O)c3ccccc3C2=O)cc1. The Morgan fingerprint density at radius 1 is 1.04 bits per heavy atom. The Bertz CT molecular complexity index is 906. The number of nitrogens with zero attached hydrogens (tertiary/aromatic N) is 1. The maximum absolute atomic E-state index is 12.3. The molecule has 2 aromatic carbocycles. The van der Waals surface area contributed by atoms with Gasteiger partial charge in [-0.3, -0.25) is 19.3 Å². The van der Waals surface area contributed by atoms with Gasteiger partial charge >= 0.3 is 0 Å². The zero-order valence-electron chi connectivity index (χ0n) is 15.4. The summed E-state index contributed by atoms with van der Waals surface area (Å²) >= 11 is 5.12. The van der Waals surface area contributed by atoms with Gasteiger partial charge in [-0.05, 0) is 62.5 Å². The van der Waals surface area contributed by atoms with Crippen LogP contribution in [0.5, 0.6) is 5.75 Å². The van der Waals surface area contributed by atoms with Crippen molar-refractivity contribution in [2.24, 2.45) is 0 Å². The summed E-state index contributed by atoms with van der Waals surface area (Å²) in [6.45, 7) is 3.46. The number of imide groups is 1. The van der Waals surface area contributed by atoms with Crippen LogP contribution in [0.1, 0.15) is 34.6 Å². The molecule has 0 spiro atoms. The number of hydrogen-bond acceptors (Lipinski definition) is 5. The van der Waals surface area contributed by atoms with Crippen LogP contribution in [-0.2, 0) is 4.79 Å². The summed E-state index contributed by atoms with van der Waals surface area (Å²) in [7, 11) is 0. The first-order valence-electron chi connectivity index (χ1n) is 8.68. The van der Waals surface area contributed by atoms with E-state index in [4.69, 9.17) is 17.0 Å². The van der Waals surface area contributed by atoms with Crippen LogP contribution < -0.4 is 15.4 Å². The van der Waals surface area contributed by atoms with Gasteiger partial charge in [0, 0.05) is 5.69 Å². The van der Waals surface area contributed by atoms with Gasteiger partial charge in [0.05, 0.1) is 17.2 Å². The molecule has 8 heteroatoms. The maximum atomic E-state index is 12.3. The lowest BCUT2D eigenvalue weighted by Gasteiger charge is -2.15. The summed E-state index contributed by atoms with van der Waals surface area (Å²) in [4.78, 5) is 37.7. The van der Waals surface area contributed by atoms with E-state index in [0.717, 1.165) is 10.6 Å². The van der Waals surface area contributed by atoms with Gasteiger partial charge in [0.25, 0.3) is 11.8 Å². The maximum Gasteiger partial charge on any atom is 0.262 e. The molecule has 7 nitrogen and oxygen atoms in total. The van der Waals surface area contributed by atoms with E-state index in [1.165, 1.54) is 0 Å². The Kier molecular flexibility index (Phi) is 5.70. The topological polar surface area (TPSA) is 87.7 Å². The van der Waals surface area contributed by atoms with Crippen molar-refractivity contribution in [1.82, 2.24) is 10.2 Å². The van der Waals surface area contributed by atoms with E-state index in [1.54, 1.807) is 48.5 Å². The number of anilines is 1. The number of amides is 3. The highest BCUT2D eigenvalue weighted by molar-refractivity contribution is 7.80. The summed E-state index contributed by atoms with van der Waals surface area (Å²) in [6.07, 6.45) is 0.0707. The summed E-state index contributed by atoms with van der Waals surface area (Å²) in [5.41, 5.74) is 1.26. The van der Waals surface area contributed by atoms with Crippen molar-refractivity contribution >= 4 is 40.7 Å². The van der Waals surface area contributed by atoms with Gasteiger partial charge in [-0.2, -0.15) is 0 Å². The molecule has 1 aliphatic heterocycles. The van der Waals surface area contributed by atoms with Crippen LogP contribution in [-0.4, -0.2) is 40.4 Å². The average molecular weight is 397 g/mol. The molecule has 0 unspecified atom stereocenters. The van der Waals surface area contributed by atoms with Crippen LogP contribution in [0.15, 0.2) is 48.5 Å². The van der Waals surface area contributed by atoms with E-state index in [9.17, 15) is 14.4 Å². The summed E-state index contributed by atoms with van der Waals surface area (Å²) < 4.78 is 5.56. The number of rotatable bonds is 5. The normalized spacial score (nSPS) is 12.8. The molecule has 0 aromatic heterocycles. The molecule has 0 fully saturated rings. The van der Waals surface area contributed by atoms with Crippen LogP contribution >= 0.6 is 12.2 Å². The van der Waals surface area contributed by atoms with Crippen molar-refractivity contribution in [3.05, 3.63) is 59.7 Å². The van der Waals surface area contributed by atoms with Crippen molar-refractivity contribution in [3.8, 4) is 5.75 Å². The smallest absolute Gasteiger partial charge is 0.262 e. The number of fused-ring (bicyclic) bond motifs is 1. The molecule has 0 bridgehead atoms. The largest absolute Gasteiger partial charge is 0.491 e. The molecular formula is C20H19N3O4S. The highest BCUT2D eigenvalue weighted by Gasteiger charge is 2.36. The van der Waals surface area contributed by atoms with Gasteiger partial charge < -0.3 is 15.4 Å². The number of thiocarbonyl (C=S) groups is 1. The molecule has 0 saturated carbocycles. The summed E-state index contributed by atoms with van der Waals surface area (Å²) in [6, 6.07) is 13.6. The number of nitrogens with one attached hydrogen (secondary N) is 2. The monoisotopic (exact) mass is 397 g/mol. The molecule has 1 heterocycles. The van der Waals surface area contributed by atoms with Crippen LogP contribution in [0.3, 0.4) is 0 Å². The van der Waals surface area contributed by atoms with E-state index in [2.05, 4.69) is 10.6 Å². The molecule has 144 valence electrons.